The third-order valence-corrected chi connectivity index (χ3v) is 3.43. The summed E-state index contributed by atoms with van der Waals surface area (Å²) in [5, 5.41) is 9.50. The van der Waals surface area contributed by atoms with Crippen LogP contribution in [0.25, 0.3) is 0 Å². The molecule has 1 N–H and O–H groups in total. The van der Waals surface area contributed by atoms with Crippen molar-refractivity contribution in [2.45, 2.75) is 18.6 Å². The van der Waals surface area contributed by atoms with E-state index in [9.17, 15) is 14.7 Å². The number of carbonyl (C=O) groups is 2. The molecule has 1 aliphatic rings. The molecule has 18 heavy (non-hydrogen) atoms. The second kappa shape index (κ2) is 4.82. The molecule has 1 atom stereocenters. The van der Waals surface area contributed by atoms with Crippen molar-refractivity contribution >= 4 is 41.8 Å². The molecule has 6 heteroatoms. The number of hydrogen-bond acceptors (Lipinski definition) is 3. The zero-order valence-corrected chi connectivity index (χ0v) is 11.3. The summed E-state index contributed by atoms with van der Waals surface area (Å²) in [5.74, 6) is -1.20. The molecule has 1 amide bonds. The van der Waals surface area contributed by atoms with Gasteiger partial charge in [-0.05, 0) is 24.6 Å². The Balaban J connectivity index is 2.56. The molecule has 1 unspecified atom stereocenters. The largest absolute Gasteiger partial charge is 0.478 e. The van der Waals surface area contributed by atoms with Crippen LogP contribution in [-0.4, -0.2) is 28.8 Å². The third-order valence-electron chi connectivity index (χ3n) is 2.87. The Labute approximate surface area is 115 Å². The van der Waals surface area contributed by atoms with Gasteiger partial charge in [-0.2, -0.15) is 12.6 Å². The monoisotopic (exact) mass is 285 g/mol. The maximum atomic E-state index is 11.8. The normalized spacial score (nSPS) is 19.4. The van der Waals surface area contributed by atoms with Crippen LogP contribution in [0, 0.1) is 6.92 Å². The second-order valence-electron chi connectivity index (χ2n) is 4.29. The van der Waals surface area contributed by atoms with Crippen molar-refractivity contribution in [2.75, 3.05) is 11.4 Å². The quantitative estimate of drug-likeness (QED) is 0.820. The number of benzene rings is 1. The minimum atomic E-state index is -1.09. The lowest BCUT2D eigenvalue weighted by Gasteiger charge is -2.21. The number of halogens is 1. The summed E-state index contributed by atoms with van der Waals surface area (Å²) >= 11 is 10.1. The molecule has 0 bridgehead atoms. The topological polar surface area (TPSA) is 57.6 Å². The average molecular weight is 286 g/mol. The number of thiol groups is 1. The molecule has 0 aliphatic carbocycles. The van der Waals surface area contributed by atoms with E-state index in [1.165, 1.54) is 11.0 Å². The Morgan fingerprint density at radius 1 is 1.56 bits per heavy atom. The van der Waals surface area contributed by atoms with E-state index < -0.39 is 5.97 Å². The molecule has 2 rings (SSSR count). The summed E-state index contributed by atoms with van der Waals surface area (Å²) in [6.45, 7) is 2.16. The molecule has 1 heterocycles. The minimum absolute atomic E-state index is 0.0517. The van der Waals surface area contributed by atoms with Gasteiger partial charge in [-0.15, -0.1) is 0 Å². The van der Waals surface area contributed by atoms with E-state index in [0.29, 0.717) is 29.2 Å². The highest BCUT2D eigenvalue weighted by Crippen LogP contribution is 2.33. The van der Waals surface area contributed by atoms with Gasteiger partial charge in [-0.3, -0.25) is 4.79 Å². The van der Waals surface area contributed by atoms with Crippen LogP contribution in [0.3, 0.4) is 0 Å². The van der Waals surface area contributed by atoms with Crippen molar-refractivity contribution in [3.05, 3.63) is 28.3 Å². The standard InChI is InChI=1S/C12H12ClNO3S/c1-6-2-7(13)3-9(12(16)17)11(6)14-5-8(18)4-10(14)15/h2-3,8,18H,4-5H2,1H3,(H,16,17). The fourth-order valence-electron chi connectivity index (χ4n) is 2.16. The van der Waals surface area contributed by atoms with Crippen LogP contribution in [0.4, 0.5) is 5.69 Å². The molecule has 1 fully saturated rings. The summed E-state index contributed by atoms with van der Waals surface area (Å²) in [6, 6.07) is 3.02. The van der Waals surface area contributed by atoms with Gasteiger partial charge in [0.1, 0.15) is 0 Å². The number of carboxylic acids is 1. The van der Waals surface area contributed by atoms with E-state index in [1.807, 2.05) is 0 Å². The van der Waals surface area contributed by atoms with Crippen LogP contribution in [0.2, 0.25) is 5.02 Å². The fourth-order valence-corrected chi connectivity index (χ4v) is 2.75. The molecule has 0 aromatic heterocycles. The van der Waals surface area contributed by atoms with Crippen LogP contribution in [0.1, 0.15) is 22.3 Å². The number of carbonyl (C=O) groups excluding carboxylic acids is 1. The van der Waals surface area contributed by atoms with Gasteiger partial charge in [-0.25, -0.2) is 4.79 Å². The number of aromatic carboxylic acids is 1. The summed E-state index contributed by atoms with van der Waals surface area (Å²) in [4.78, 5) is 24.6. The lowest BCUT2D eigenvalue weighted by atomic mass is 10.1. The molecule has 1 aliphatic heterocycles. The zero-order valence-electron chi connectivity index (χ0n) is 9.68. The Kier molecular flexibility index (Phi) is 3.54. The van der Waals surface area contributed by atoms with E-state index in [-0.39, 0.29) is 16.7 Å². The SMILES string of the molecule is Cc1cc(Cl)cc(C(=O)O)c1N1CC(S)CC1=O. The molecule has 96 valence electrons. The van der Waals surface area contributed by atoms with Crippen molar-refractivity contribution < 1.29 is 14.7 Å². The van der Waals surface area contributed by atoms with E-state index in [4.69, 9.17) is 11.6 Å². The maximum Gasteiger partial charge on any atom is 0.337 e. The van der Waals surface area contributed by atoms with Crippen LogP contribution in [0.5, 0.6) is 0 Å². The van der Waals surface area contributed by atoms with Gasteiger partial charge in [0.15, 0.2) is 0 Å². The van der Waals surface area contributed by atoms with Crippen LogP contribution >= 0.6 is 24.2 Å². The molecule has 0 radical (unpaired) electrons. The first-order valence-corrected chi connectivity index (χ1v) is 6.31. The molecule has 0 saturated carbocycles. The van der Waals surface area contributed by atoms with Gasteiger partial charge in [0, 0.05) is 23.2 Å². The second-order valence-corrected chi connectivity index (χ2v) is 5.45. The number of carboxylic acid groups (broad SMARTS) is 1. The van der Waals surface area contributed by atoms with Crippen LogP contribution in [-0.2, 0) is 4.79 Å². The van der Waals surface area contributed by atoms with Gasteiger partial charge in [0.05, 0.1) is 11.3 Å². The number of hydrogen-bond donors (Lipinski definition) is 2. The molecule has 1 aromatic carbocycles. The van der Waals surface area contributed by atoms with E-state index in [1.54, 1.807) is 13.0 Å². The molecule has 0 spiro atoms. The third kappa shape index (κ3) is 2.33. The van der Waals surface area contributed by atoms with Crippen LogP contribution < -0.4 is 4.90 Å². The maximum absolute atomic E-state index is 11.8. The summed E-state index contributed by atoms with van der Waals surface area (Å²) in [6.07, 6.45) is 0.324. The number of amides is 1. The highest BCUT2D eigenvalue weighted by molar-refractivity contribution is 7.81. The van der Waals surface area contributed by atoms with Crippen molar-refractivity contribution in [1.29, 1.82) is 0 Å². The Hall–Kier alpha value is -1.20. The molecular weight excluding hydrogens is 274 g/mol. The predicted octanol–water partition coefficient (Wildman–Crippen LogP) is 2.38. The van der Waals surface area contributed by atoms with Crippen molar-refractivity contribution in [3.8, 4) is 0 Å². The highest BCUT2D eigenvalue weighted by atomic mass is 35.5. The van der Waals surface area contributed by atoms with Gasteiger partial charge >= 0.3 is 5.97 Å². The number of aryl methyl sites for hydroxylation is 1. The first kappa shape index (κ1) is 13.2. The minimum Gasteiger partial charge on any atom is -0.478 e. The van der Waals surface area contributed by atoms with E-state index in [2.05, 4.69) is 12.6 Å². The molecule has 4 nitrogen and oxygen atoms in total. The Morgan fingerprint density at radius 3 is 2.72 bits per heavy atom. The van der Waals surface area contributed by atoms with Gasteiger partial charge in [-0.1, -0.05) is 11.6 Å². The van der Waals surface area contributed by atoms with E-state index in [0.717, 1.165) is 0 Å². The van der Waals surface area contributed by atoms with E-state index >= 15 is 0 Å². The Bertz CT molecular complexity index is 532. The van der Waals surface area contributed by atoms with Gasteiger partial charge < -0.3 is 10.0 Å². The highest BCUT2D eigenvalue weighted by Gasteiger charge is 2.32. The smallest absolute Gasteiger partial charge is 0.337 e. The molecule has 1 aromatic rings. The van der Waals surface area contributed by atoms with Crippen molar-refractivity contribution in [3.63, 3.8) is 0 Å². The summed E-state index contributed by atoms with van der Waals surface area (Å²) < 4.78 is 0. The first-order valence-electron chi connectivity index (χ1n) is 5.42. The van der Waals surface area contributed by atoms with Gasteiger partial charge in [0.2, 0.25) is 5.91 Å². The first-order chi connectivity index (χ1) is 8.40. The van der Waals surface area contributed by atoms with Gasteiger partial charge in [0.25, 0.3) is 0 Å². The van der Waals surface area contributed by atoms with Crippen LogP contribution in [0.15, 0.2) is 12.1 Å². The average Bonchev–Trinajstić information content (AvgIpc) is 2.56. The molecular formula is C12H12ClNO3S. The number of rotatable bonds is 2. The number of anilines is 1. The van der Waals surface area contributed by atoms with Crippen molar-refractivity contribution in [1.82, 2.24) is 0 Å². The predicted molar refractivity (Wildman–Crippen MR) is 72.9 cm³/mol. The molecule has 1 saturated heterocycles. The summed E-state index contributed by atoms with van der Waals surface area (Å²) in [5.41, 5.74) is 1.15. The summed E-state index contributed by atoms with van der Waals surface area (Å²) in [7, 11) is 0. The zero-order chi connectivity index (χ0) is 13.4. The van der Waals surface area contributed by atoms with Crippen molar-refractivity contribution in [2.24, 2.45) is 0 Å². The Morgan fingerprint density at radius 2 is 2.22 bits per heavy atom. The lowest BCUT2D eigenvalue weighted by Crippen LogP contribution is -2.27. The fraction of sp³-hybridized carbons (Fsp3) is 0.333. The lowest BCUT2D eigenvalue weighted by molar-refractivity contribution is -0.117. The number of nitrogens with zero attached hydrogens (tertiary/aromatic N) is 1.